The fourth-order valence-electron chi connectivity index (χ4n) is 1.77. The molecular weight excluding hydrogens is 212 g/mol. The Hall–Kier alpha value is -0.900. The minimum absolute atomic E-state index is 0.779. The van der Waals surface area contributed by atoms with Crippen molar-refractivity contribution >= 4 is 0 Å². The van der Waals surface area contributed by atoms with Crippen LogP contribution in [0.4, 0.5) is 0 Å². The van der Waals surface area contributed by atoms with Crippen LogP contribution in [0.2, 0.25) is 0 Å². The molecule has 0 fully saturated rings. The Morgan fingerprint density at radius 2 is 2.12 bits per heavy atom. The first-order valence-electron chi connectivity index (χ1n) is 6.16. The predicted octanol–water partition coefficient (Wildman–Crippen LogP) is 1.66. The summed E-state index contributed by atoms with van der Waals surface area (Å²) in [6.45, 7) is 6.91. The van der Waals surface area contributed by atoms with Gasteiger partial charge in [-0.05, 0) is 19.5 Å². The summed E-state index contributed by atoms with van der Waals surface area (Å²) < 4.78 is 4.98. The largest absolute Gasteiger partial charge is 0.383 e. The molecule has 1 N–H and O–H groups in total. The second kappa shape index (κ2) is 8.23. The lowest BCUT2D eigenvalue weighted by Gasteiger charge is -2.17. The Morgan fingerprint density at radius 1 is 1.29 bits per heavy atom. The van der Waals surface area contributed by atoms with E-state index in [1.54, 1.807) is 7.11 Å². The first-order chi connectivity index (χ1) is 8.22. The molecule has 1 aromatic rings. The van der Waals surface area contributed by atoms with Crippen molar-refractivity contribution in [3.8, 4) is 0 Å². The molecule has 96 valence electrons. The number of ether oxygens (including phenoxy) is 1. The van der Waals surface area contributed by atoms with Crippen molar-refractivity contribution in [3.05, 3.63) is 35.4 Å². The highest BCUT2D eigenvalue weighted by Gasteiger charge is 1.99. The molecule has 1 rings (SSSR count). The minimum atomic E-state index is 0.779. The van der Waals surface area contributed by atoms with Gasteiger partial charge in [-0.1, -0.05) is 29.8 Å². The highest BCUT2D eigenvalue weighted by Crippen LogP contribution is 2.05. The molecule has 0 bridgehead atoms. The zero-order valence-corrected chi connectivity index (χ0v) is 11.2. The van der Waals surface area contributed by atoms with Crippen LogP contribution in [-0.2, 0) is 11.3 Å². The molecule has 0 spiro atoms. The van der Waals surface area contributed by atoms with Crippen LogP contribution in [0.25, 0.3) is 0 Å². The second-order valence-electron chi connectivity index (χ2n) is 4.47. The van der Waals surface area contributed by atoms with E-state index in [4.69, 9.17) is 4.74 Å². The average molecular weight is 236 g/mol. The number of hydrogen-bond acceptors (Lipinski definition) is 3. The van der Waals surface area contributed by atoms with E-state index in [1.165, 1.54) is 11.1 Å². The minimum Gasteiger partial charge on any atom is -0.383 e. The van der Waals surface area contributed by atoms with E-state index in [9.17, 15) is 0 Å². The normalized spacial score (nSPS) is 11.1. The fourth-order valence-corrected chi connectivity index (χ4v) is 1.77. The van der Waals surface area contributed by atoms with E-state index in [0.29, 0.717) is 0 Å². The van der Waals surface area contributed by atoms with E-state index >= 15 is 0 Å². The molecule has 1 aromatic carbocycles. The van der Waals surface area contributed by atoms with Crippen LogP contribution in [-0.4, -0.2) is 45.3 Å². The van der Waals surface area contributed by atoms with Gasteiger partial charge in [0.25, 0.3) is 0 Å². The maximum atomic E-state index is 4.98. The molecule has 3 nitrogen and oxygen atoms in total. The Kier molecular flexibility index (Phi) is 6.86. The lowest BCUT2D eigenvalue weighted by molar-refractivity contribution is 0.197. The number of nitrogens with one attached hydrogen (secondary N) is 1. The Morgan fingerprint density at radius 3 is 2.82 bits per heavy atom. The number of hydrogen-bond donors (Lipinski definition) is 1. The topological polar surface area (TPSA) is 24.5 Å². The van der Waals surface area contributed by atoms with Crippen molar-refractivity contribution < 1.29 is 4.74 Å². The van der Waals surface area contributed by atoms with Crippen molar-refractivity contribution in [2.75, 3.05) is 40.4 Å². The predicted molar refractivity (Wildman–Crippen MR) is 72.3 cm³/mol. The molecule has 0 aliphatic carbocycles. The van der Waals surface area contributed by atoms with Gasteiger partial charge in [0.2, 0.25) is 0 Å². The maximum Gasteiger partial charge on any atom is 0.0587 e. The zero-order chi connectivity index (χ0) is 12.5. The van der Waals surface area contributed by atoms with Gasteiger partial charge in [-0.3, -0.25) is 0 Å². The van der Waals surface area contributed by atoms with E-state index < -0.39 is 0 Å². The fraction of sp³-hybridized carbons (Fsp3) is 0.571. The van der Waals surface area contributed by atoms with Crippen molar-refractivity contribution in [3.63, 3.8) is 0 Å². The second-order valence-corrected chi connectivity index (χ2v) is 4.47. The van der Waals surface area contributed by atoms with Gasteiger partial charge in [-0.15, -0.1) is 0 Å². The van der Waals surface area contributed by atoms with Crippen molar-refractivity contribution in [2.24, 2.45) is 0 Å². The van der Waals surface area contributed by atoms with Crippen LogP contribution in [0.3, 0.4) is 0 Å². The third-order valence-electron chi connectivity index (χ3n) is 2.69. The van der Waals surface area contributed by atoms with E-state index in [1.807, 2.05) is 0 Å². The molecule has 0 amide bonds. The molecular formula is C14H24N2O. The van der Waals surface area contributed by atoms with E-state index in [2.05, 4.69) is 48.5 Å². The lowest BCUT2D eigenvalue weighted by Crippen LogP contribution is -2.30. The van der Waals surface area contributed by atoms with Crippen molar-refractivity contribution in [1.82, 2.24) is 10.2 Å². The van der Waals surface area contributed by atoms with Gasteiger partial charge in [0.1, 0.15) is 0 Å². The van der Waals surface area contributed by atoms with Gasteiger partial charge in [0.05, 0.1) is 6.61 Å². The summed E-state index contributed by atoms with van der Waals surface area (Å²) in [6, 6.07) is 8.68. The Bertz CT molecular complexity index is 315. The number of aryl methyl sites for hydroxylation is 1. The maximum absolute atomic E-state index is 4.98. The smallest absolute Gasteiger partial charge is 0.0587 e. The van der Waals surface area contributed by atoms with E-state index in [0.717, 1.165) is 32.8 Å². The number of likely N-dealkylation sites (N-methyl/N-ethyl adjacent to an activating group) is 1. The van der Waals surface area contributed by atoms with Gasteiger partial charge in [0, 0.05) is 33.3 Å². The third-order valence-corrected chi connectivity index (χ3v) is 2.69. The molecule has 3 heteroatoms. The van der Waals surface area contributed by atoms with Crippen LogP contribution in [0.5, 0.6) is 0 Å². The molecule has 0 aliphatic rings. The molecule has 0 heterocycles. The summed E-state index contributed by atoms with van der Waals surface area (Å²) >= 11 is 0. The monoisotopic (exact) mass is 236 g/mol. The van der Waals surface area contributed by atoms with Crippen molar-refractivity contribution in [2.45, 2.75) is 13.5 Å². The highest BCUT2D eigenvalue weighted by atomic mass is 16.5. The Balaban J connectivity index is 2.18. The first kappa shape index (κ1) is 14.2. The third kappa shape index (κ3) is 6.41. The van der Waals surface area contributed by atoms with Gasteiger partial charge >= 0.3 is 0 Å². The van der Waals surface area contributed by atoms with Crippen LogP contribution < -0.4 is 5.32 Å². The number of nitrogens with zero attached hydrogens (tertiary/aromatic N) is 1. The number of rotatable bonds is 8. The molecule has 0 unspecified atom stereocenters. The zero-order valence-electron chi connectivity index (χ0n) is 11.2. The highest BCUT2D eigenvalue weighted by molar-refractivity contribution is 5.21. The van der Waals surface area contributed by atoms with Gasteiger partial charge in [-0.25, -0.2) is 0 Å². The molecule has 0 radical (unpaired) electrons. The van der Waals surface area contributed by atoms with Crippen LogP contribution >= 0.6 is 0 Å². The standard InChI is InChI=1S/C14H24N2O/c1-13-5-4-6-14(11-13)12-16(2)9-7-15-8-10-17-3/h4-6,11,15H,7-10,12H2,1-3H3. The SMILES string of the molecule is COCCNCCN(C)Cc1cccc(C)c1. The lowest BCUT2D eigenvalue weighted by atomic mass is 10.1. The average Bonchev–Trinajstić information content (AvgIpc) is 2.29. The van der Waals surface area contributed by atoms with Crippen LogP contribution in [0, 0.1) is 6.92 Å². The molecule has 0 aromatic heterocycles. The number of methoxy groups -OCH3 is 1. The van der Waals surface area contributed by atoms with Gasteiger partial charge in [0.15, 0.2) is 0 Å². The summed E-state index contributed by atoms with van der Waals surface area (Å²) in [7, 11) is 3.88. The van der Waals surface area contributed by atoms with Gasteiger partial charge in [-0.2, -0.15) is 0 Å². The molecule has 0 saturated carbocycles. The summed E-state index contributed by atoms with van der Waals surface area (Å²) in [5.74, 6) is 0. The molecule has 0 saturated heterocycles. The molecule has 0 atom stereocenters. The quantitative estimate of drug-likeness (QED) is 0.695. The van der Waals surface area contributed by atoms with Gasteiger partial charge < -0.3 is 15.0 Å². The van der Waals surface area contributed by atoms with E-state index in [-0.39, 0.29) is 0 Å². The molecule has 17 heavy (non-hydrogen) atoms. The summed E-state index contributed by atoms with van der Waals surface area (Å²) in [5, 5.41) is 3.35. The first-order valence-corrected chi connectivity index (χ1v) is 6.16. The Labute approximate surface area is 105 Å². The van der Waals surface area contributed by atoms with Crippen LogP contribution in [0.15, 0.2) is 24.3 Å². The molecule has 0 aliphatic heterocycles. The van der Waals surface area contributed by atoms with Crippen molar-refractivity contribution in [1.29, 1.82) is 0 Å². The summed E-state index contributed by atoms with van der Waals surface area (Å²) in [6.07, 6.45) is 0. The number of benzene rings is 1. The van der Waals surface area contributed by atoms with Crippen LogP contribution in [0.1, 0.15) is 11.1 Å². The summed E-state index contributed by atoms with van der Waals surface area (Å²) in [5.41, 5.74) is 2.71. The summed E-state index contributed by atoms with van der Waals surface area (Å²) in [4.78, 5) is 2.33.